The summed E-state index contributed by atoms with van der Waals surface area (Å²) in [4.78, 5) is 12.4. The third-order valence-electron chi connectivity index (χ3n) is 4.49. The van der Waals surface area contributed by atoms with Gasteiger partial charge in [0, 0.05) is 17.6 Å². The fourth-order valence-electron chi connectivity index (χ4n) is 3.34. The Morgan fingerprint density at radius 2 is 1.96 bits per heavy atom. The van der Waals surface area contributed by atoms with Crippen molar-refractivity contribution in [1.29, 1.82) is 0 Å². The number of anilines is 1. The van der Waals surface area contributed by atoms with Crippen LogP contribution in [0.4, 0.5) is 18.9 Å². The van der Waals surface area contributed by atoms with Gasteiger partial charge in [-0.3, -0.25) is 10.2 Å². The number of hydrogen-bond acceptors (Lipinski definition) is 3. The number of alkyl halides is 3. The molecule has 23 heavy (non-hydrogen) atoms. The Morgan fingerprint density at radius 3 is 2.70 bits per heavy atom. The number of carbonyl (C=O) groups is 1. The minimum Gasteiger partial charge on any atom is -0.325 e. The SMILES string of the molecule is O=C(Nc1ccc(Cl)c(C(F)(F)F)c1)C1NNC2CCCCC21. The van der Waals surface area contributed by atoms with Crippen molar-refractivity contribution in [2.24, 2.45) is 5.92 Å². The Bertz CT molecular complexity index is 608. The lowest BCUT2D eigenvalue weighted by molar-refractivity contribution is -0.137. The second kappa shape index (κ2) is 6.30. The largest absolute Gasteiger partial charge is 0.417 e. The van der Waals surface area contributed by atoms with Gasteiger partial charge in [-0.15, -0.1) is 0 Å². The molecule has 0 bridgehead atoms. The van der Waals surface area contributed by atoms with Crippen molar-refractivity contribution in [2.45, 2.75) is 43.9 Å². The Hall–Kier alpha value is -1.31. The molecule has 1 aliphatic carbocycles. The molecule has 2 aliphatic rings. The van der Waals surface area contributed by atoms with Gasteiger partial charge < -0.3 is 5.32 Å². The van der Waals surface area contributed by atoms with Crippen LogP contribution < -0.4 is 16.2 Å². The van der Waals surface area contributed by atoms with E-state index in [4.69, 9.17) is 11.6 Å². The molecule has 1 heterocycles. The van der Waals surface area contributed by atoms with Crippen LogP contribution in [-0.4, -0.2) is 18.0 Å². The first-order valence-corrected chi connectivity index (χ1v) is 7.93. The third-order valence-corrected chi connectivity index (χ3v) is 4.82. The average Bonchev–Trinajstić information content (AvgIpc) is 2.92. The number of carbonyl (C=O) groups excluding carboxylic acids is 1. The monoisotopic (exact) mass is 347 g/mol. The minimum absolute atomic E-state index is 0.0905. The third kappa shape index (κ3) is 3.46. The predicted octanol–water partition coefficient (Wildman–Crippen LogP) is 3.33. The van der Waals surface area contributed by atoms with Crippen molar-refractivity contribution in [2.75, 3.05) is 5.32 Å². The van der Waals surface area contributed by atoms with Crippen molar-refractivity contribution < 1.29 is 18.0 Å². The highest BCUT2D eigenvalue weighted by atomic mass is 35.5. The summed E-state index contributed by atoms with van der Waals surface area (Å²) in [5.74, 6) is -0.166. The molecule has 1 aliphatic heterocycles. The second-order valence-corrected chi connectivity index (χ2v) is 6.41. The summed E-state index contributed by atoms with van der Waals surface area (Å²) in [7, 11) is 0. The number of nitrogens with one attached hydrogen (secondary N) is 3. The van der Waals surface area contributed by atoms with Crippen molar-refractivity contribution in [3.05, 3.63) is 28.8 Å². The molecule has 0 aromatic heterocycles. The molecule has 0 spiro atoms. The second-order valence-electron chi connectivity index (χ2n) is 6.00. The number of rotatable bonds is 2. The Balaban J connectivity index is 1.73. The molecular weight excluding hydrogens is 331 g/mol. The lowest BCUT2D eigenvalue weighted by Crippen LogP contribution is -2.42. The maximum atomic E-state index is 12.9. The topological polar surface area (TPSA) is 53.2 Å². The van der Waals surface area contributed by atoms with E-state index in [1.54, 1.807) is 0 Å². The van der Waals surface area contributed by atoms with Crippen LogP contribution in [0.3, 0.4) is 0 Å². The number of amides is 1. The first-order chi connectivity index (χ1) is 10.9. The molecule has 3 unspecified atom stereocenters. The van der Waals surface area contributed by atoms with Gasteiger partial charge in [-0.2, -0.15) is 13.2 Å². The lowest BCUT2D eigenvalue weighted by atomic mass is 9.81. The fraction of sp³-hybridized carbons (Fsp3) is 0.533. The van der Waals surface area contributed by atoms with E-state index in [1.165, 1.54) is 6.07 Å². The molecule has 1 aromatic rings. The summed E-state index contributed by atoms with van der Waals surface area (Å²) in [6.45, 7) is 0. The summed E-state index contributed by atoms with van der Waals surface area (Å²) in [6, 6.07) is 3.18. The minimum atomic E-state index is -4.56. The number of benzene rings is 1. The number of halogens is 4. The highest BCUT2D eigenvalue weighted by molar-refractivity contribution is 6.31. The van der Waals surface area contributed by atoms with Crippen molar-refractivity contribution >= 4 is 23.2 Å². The standard InChI is InChI=1S/C15H17ClF3N3O/c16-11-6-5-8(7-10(11)15(17,18)19)20-14(23)13-9-3-1-2-4-12(9)21-22-13/h5-7,9,12-13,21-22H,1-4H2,(H,20,23). The van der Waals surface area contributed by atoms with Crippen molar-refractivity contribution in [1.82, 2.24) is 10.9 Å². The van der Waals surface area contributed by atoms with Gasteiger partial charge >= 0.3 is 6.18 Å². The van der Waals surface area contributed by atoms with Gasteiger partial charge in [-0.25, -0.2) is 5.43 Å². The molecule has 0 radical (unpaired) electrons. The van der Waals surface area contributed by atoms with E-state index in [2.05, 4.69) is 16.2 Å². The van der Waals surface area contributed by atoms with E-state index in [-0.39, 0.29) is 28.6 Å². The maximum absolute atomic E-state index is 12.9. The van der Waals surface area contributed by atoms with Gasteiger partial charge in [0.1, 0.15) is 6.04 Å². The molecule has 3 rings (SSSR count). The van der Waals surface area contributed by atoms with Crippen LogP contribution >= 0.6 is 11.6 Å². The summed E-state index contributed by atoms with van der Waals surface area (Å²) in [5, 5.41) is 2.17. The van der Waals surface area contributed by atoms with Crippen molar-refractivity contribution in [3.63, 3.8) is 0 Å². The molecule has 1 aromatic carbocycles. The van der Waals surface area contributed by atoms with E-state index in [9.17, 15) is 18.0 Å². The first kappa shape index (κ1) is 16.5. The van der Waals surface area contributed by atoms with Crippen LogP contribution in [0.1, 0.15) is 31.2 Å². The smallest absolute Gasteiger partial charge is 0.325 e. The zero-order valence-electron chi connectivity index (χ0n) is 12.2. The number of hydrogen-bond donors (Lipinski definition) is 3. The normalized spacial score (nSPS) is 27.6. The maximum Gasteiger partial charge on any atom is 0.417 e. The molecule has 3 N–H and O–H groups in total. The van der Waals surface area contributed by atoms with Gasteiger partial charge in [-0.05, 0) is 31.0 Å². The molecule has 126 valence electrons. The highest BCUT2D eigenvalue weighted by Gasteiger charge is 2.41. The van der Waals surface area contributed by atoms with Gasteiger partial charge in [0.05, 0.1) is 10.6 Å². The molecule has 8 heteroatoms. The molecular formula is C15H17ClF3N3O. The van der Waals surface area contributed by atoms with E-state index in [0.717, 1.165) is 37.8 Å². The highest BCUT2D eigenvalue weighted by Crippen LogP contribution is 2.36. The Kier molecular flexibility index (Phi) is 4.53. The zero-order chi connectivity index (χ0) is 16.6. The molecule has 1 saturated carbocycles. The van der Waals surface area contributed by atoms with Crippen molar-refractivity contribution in [3.8, 4) is 0 Å². The summed E-state index contributed by atoms with van der Waals surface area (Å²) in [5.41, 5.74) is 5.21. The number of hydrazine groups is 1. The lowest BCUT2D eigenvalue weighted by Gasteiger charge is -2.26. The Morgan fingerprint density at radius 1 is 1.22 bits per heavy atom. The molecule has 1 saturated heterocycles. The van der Waals surface area contributed by atoms with E-state index in [1.807, 2.05) is 0 Å². The predicted molar refractivity (Wildman–Crippen MR) is 80.9 cm³/mol. The van der Waals surface area contributed by atoms with Crippen LogP contribution in [0.15, 0.2) is 18.2 Å². The van der Waals surface area contributed by atoms with Gasteiger partial charge in [0.25, 0.3) is 0 Å². The van der Waals surface area contributed by atoms with E-state index in [0.29, 0.717) is 0 Å². The van der Waals surface area contributed by atoms with Crippen LogP contribution in [0.25, 0.3) is 0 Å². The van der Waals surface area contributed by atoms with Crippen LogP contribution in [-0.2, 0) is 11.0 Å². The summed E-state index contributed by atoms with van der Waals surface area (Å²) in [6.07, 6.45) is -0.443. The first-order valence-electron chi connectivity index (χ1n) is 7.55. The molecule has 1 amide bonds. The van der Waals surface area contributed by atoms with E-state index < -0.39 is 17.8 Å². The average molecular weight is 348 g/mol. The number of fused-ring (bicyclic) bond motifs is 1. The zero-order valence-corrected chi connectivity index (χ0v) is 13.0. The van der Waals surface area contributed by atoms with Crippen LogP contribution in [0.5, 0.6) is 0 Å². The van der Waals surface area contributed by atoms with Crippen LogP contribution in [0.2, 0.25) is 5.02 Å². The summed E-state index contributed by atoms with van der Waals surface area (Å²) >= 11 is 5.58. The van der Waals surface area contributed by atoms with Gasteiger partial charge in [-0.1, -0.05) is 24.4 Å². The Labute approximate surface area is 136 Å². The van der Waals surface area contributed by atoms with Gasteiger partial charge in [0.2, 0.25) is 5.91 Å². The van der Waals surface area contributed by atoms with Gasteiger partial charge in [0.15, 0.2) is 0 Å². The summed E-state index contributed by atoms with van der Waals surface area (Å²) < 4.78 is 38.6. The van der Waals surface area contributed by atoms with Crippen LogP contribution in [0, 0.1) is 5.92 Å². The fourth-order valence-corrected chi connectivity index (χ4v) is 3.57. The molecule has 2 fully saturated rings. The molecule has 3 atom stereocenters. The quantitative estimate of drug-likeness (QED) is 0.769. The van der Waals surface area contributed by atoms with E-state index >= 15 is 0 Å². The molecule has 4 nitrogen and oxygen atoms in total.